The second-order valence-electron chi connectivity index (χ2n) is 4.26. The maximum atomic E-state index is 12.4. The topological polar surface area (TPSA) is 61.8 Å². The fraction of sp³-hybridized carbons (Fsp3) is 0.500. The van der Waals surface area contributed by atoms with Crippen molar-refractivity contribution < 1.29 is 13.2 Å². The third kappa shape index (κ3) is 2.04. The number of hydrogen-bond donors (Lipinski definition) is 0. The molecule has 6 nitrogen and oxygen atoms in total. The van der Waals surface area contributed by atoms with Crippen LogP contribution in [0.5, 0.6) is 0 Å². The van der Waals surface area contributed by atoms with Crippen LogP contribution in [-0.2, 0) is 27.6 Å². The zero-order valence-corrected chi connectivity index (χ0v) is 10.4. The third-order valence-electron chi connectivity index (χ3n) is 2.93. The van der Waals surface area contributed by atoms with Crippen LogP contribution in [0.4, 0.5) is 13.2 Å². The SMILES string of the molecule is Cn1c(=O)c2c(nc(CC(F)(F)F)n2C)n(C)c1=O. The molecule has 0 radical (unpaired) electrons. The molecule has 2 aromatic rings. The summed E-state index contributed by atoms with van der Waals surface area (Å²) in [5.41, 5.74) is -1.37. The highest BCUT2D eigenvalue weighted by Crippen LogP contribution is 2.21. The summed E-state index contributed by atoms with van der Waals surface area (Å²) in [7, 11) is 3.94. The van der Waals surface area contributed by atoms with E-state index in [1.165, 1.54) is 21.1 Å². The Hall–Kier alpha value is -2.06. The lowest BCUT2D eigenvalue weighted by atomic mass is 10.4. The van der Waals surface area contributed by atoms with Crippen molar-refractivity contribution in [1.82, 2.24) is 18.7 Å². The fourth-order valence-corrected chi connectivity index (χ4v) is 1.90. The zero-order chi connectivity index (χ0) is 14.5. The van der Waals surface area contributed by atoms with Crippen LogP contribution in [0.3, 0.4) is 0 Å². The van der Waals surface area contributed by atoms with Crippen LogP contribution in [0.1, 0.15) is 5.82 Å². The van der Waals surface area contributed by atoms with E-state index >= 15 is 0 Å². The molecular formula is C10H11F3N4O2. The van der Waals surface area contributed by atoms with Crippen LogP contribution < -0.4 is 11.2 Å². The third-order valence-corrected chi connectivity index (χ3v) is 2.93. The zero-order valence-electron chi connectivity index (χ0n) is 10.4. The first-order valence-corrected chi connectivity index (χ1v) is 5.31. The first kappa shape index (κ1) is 13.4. The van der Waals surface area contributed by atoms with Crippen LogP contribution in [-0.4, -0.2) is 24.9 Å². The van der Waals surface area contributed by atoms with E-state index in [9.17, 15) is 22.8 Å². The number of alkyl halides is 3. The lowest BCUT2D eigenvalue weighted by Gasteiger charge is -2.05. The van der Waals surface area contributed by atoms with Gasteiger partial charge in [0.25, 0.3) is 5.56 Å². The maximum absolute atomic E-state index is 12.4. The molecule has 0 aromatic carbocycles. The summed E-state index contributed by atoms with van der Waals surface area (Å²) in [6.07, 6.45) is -5.69. The molecule has 2 aromatic heterocycles. The van der Waals surface area contributed by atoms with Crippen LogP contribution in [0.25, 0.3) is 11.2 Å². The molecule has 2 heterocycles. The van der Waals surface area contributed by atoms with E-state index in [1.807, 2.05) is 0 Å². The highest BCUT2D eigenvalue weighted by molar-refractivity contribution is 5.70. The van der Waals surface area contributed by atoms with Crippen molar-refractivity contribution in [2.75, 3.05) is 0 Å². The molecule has 104 valence electrons. The molecule has 0 unspecified atom stereocenters. The molecule has 0 aliphatic rings. The van der Waals surface area contributed by atoms with E-state index in [4.69, 9.17) is 0 Å². The van der Waals surface area contributed by atoms with Gasteiger partial charge in [0.15, 0.2) is 11.2 Å². The predicted molar refractivity (Wildman–Crippen MR) is 61.0 cm³/mol. The van der Waals surface area contributed by atoms with Gasteiger partial charge in [-0.2, -0.15) is 13.2 Å². The Bertz CT molecular complexity index is 766. The van der Waals surface area contributed by atoms with E-state index < -0.39 is 23.8 Å². The van der Waals surface area contributed by atoms with Gasteiger partial charge in [0.1, 0.15) is 12.2 Å². The van der Waals surface area contributed by atoms with Gasteiger partial charge in [0.2, 0.25) is 0 Å². The molecule has 9 heteroatoms. The predicted octanol–water partition coefficient (Wildman–Crippen LogP) is 0.0755. The average molecular weight is 276 g/mol. The number of imidazole rings is 1. The molecule has 2 rings (SSSR count). The highest BCUT2D eigenvalue weighted by atomic mass is 19.4. The lowest BCUT2D eigenvalue weighted by molar-refractivity contribution is -0.128. The number of aromatic nitrogens is 4. The van der Waals surface area contributed by atoms with Crippen LogP contribution in [0.15, 0.2) is 9.59 Å². The Balaban J connectivity index is 2.85. The van der Waals surface area contributed by atoms with E-state index in [0.717, 1.165) is 13.7 Å². The standard InChI is InChI=1S/C10H11F3N4O2/c1-15-5(4-10(11,12)13)14-7-6(15)8(18)17(3)9(19)16(7)2/h4H2,1-3H3. The number of fused-ring (bicyclic) bond motifs is 1. The minimum atomic E-state index is -4.43. The smallest absolute Gasteiger partial charge is 0.325 e. The minimum Gasteiger partial charge on any atom is -0.325 e. The van der Waals surface area contributed by atoms with Crippen molar-refractivity contribution in [2.24, 2.45) is 21.1 Å². The minimum absolute atomic E-state index is 0.0242. The summed E-state index contributed by atoms with van der Waals surface area (Å²) >= 11 is 0. The summed E-state index contributed by atoms with van der Waals surface area (Å²) in [6.45, 7) is 0. The van der Waals surface area contributed by atoms with Crippen molar-refractivity contribution in [2.45, 2.75) is 12.6 Å². The Labute approximate surface area is 104 Å². The van der Waals surface area contributed by atoms with E-state index in [0.29, 0.717) is 0 Å². The monoisotopic (exact) mass is 276 g/mol. The molecular weight excluding hydrogens is 265 g/mol. The Morgan fingerprint density at radius 1 is 1.05 bits per heavy atom. The molecule has 0 fully saturated rings. The molecule has 0 atom stereocenters. The first-order valence-electron chi connectivity index (χ1n) is 5.31. The van der Waals surface area contributed by atoms with Gasteiger partial charge >= 0.3 is 11.9 Å². The van der Waals surface area contributed by atoms with Gasteiger partial charge in [-0.1, -0.05) is 0 Å². The van der Waals surface area contributed by atoms with E-state index in [2.05, 4.69) is 4.98 Å². The van der Waals surface area contributed by atoms with Crippen molar-refractivity contribution in [3.8, 4) is 0 Å². The van der Waals surface area contributed by atoms with E-state index in [1.54, 1.807) is 0 Å². The molecule has 0 amide bonds. The molecule has 0 saturated carbocycles. The van der Waals surface area contributed by atoms with Crippen LogP contribution in [0, 0.1) is 0 Å². The van der Waals surface area contributed by atoms with Crippen molar-refractivity contribution >= 4 is 11.2 Å². The summed E-state index contributed by atoms with van der Waals surface area (Å²) in [5, 5.41) is 0. The van der Waals surface area contributed by atoms with Crippen molar-refractivity contribution in [3.63, 3.8) is 0 Å². The number of halogens is 3. The Morgan fingerprint density at radius 2 is 1.63 bits per heavy atom. The van der Waals surface area contributed by atoms with Crippen molar-refractivity contribution in [1.29, 1.82) is 0 Å². The molecule has 0 spiro atoms. The van der Waals surface area contributed by atoms with Crippen LogP contribution in [0.2, 0.25) is 0 Å². The average Bonchev–Trinajstić information content (AvgIpc) is 2.60. The van der Waals surface area contributed by atoms with Crippen molar-refractivity contribution in [3.05, 3.63) is 26.7 Å². The normalized spacial score (nSPS) is 12.3. The molecule has 0 bridgehead atoms. The van der Waals surface area contributed by atoms with Gasteiger partial charge in [-0.3, -0.25) is 13.9 Å². The second-order valence-corrected chi connectivity index (χ2v) is 4.26. The van der Waals surface area contributed by atoms with Gasteiger partial charge in [0.05, 0.1) is 0 Å². The highest BCUT2D eigenvalue weighted by Gasteiger charge is 2.31. The molecule has 0 saturated heterocycles. The van der Waals surface area contributed by atoms with Crippen LogP contribution >= 0.6 is 0 Å². The summed E-state index contributed by atoms with van der Waals surface area (Å²) in [6, 6.07) is 0. The van der Waals surface area contributed by atoms with Gasteiger partial charge < -0.3 is 4.57 Å². The second kappa shape index (κ2) is 3.97. The Kier molecular flexibility index (Phi) is 2.79. The number of aryl methyl sites for hydroxylation is 2. The maximum Gasteiger partial charge on any atom is 0.396 e. The quantitative estimate of drug-likeness (QED) is 0.741. The van der Waals surface area contributed by atoms with Gasteiger partial charge in [-0.05, 0) is 0 Å². The van der Waals surface area contributed by atoms with Gasteiger partial charge in [-0.15, -0.1) is 0 Å². The van der Waals surface area contributed by atoms with Gasteiger partial charge in [0, 0.05) is 21.1 Å². The largest absolute Gasteiger partial charge is 0.396 e. The molecule has 0 aliphatic carbocycles. The molecule has 0 N–H and O–H groups in total. The molecule has 0 aliphatic heterocycles. The first-order chi connectivity index (χ1) is 8.63. The van der Waals surface area contributed by atoms with E-state index in [-0.39, 0.29) is 17.0 Å². The fourth-order valence-electron chi connectivity index (χ4n) is 1.90. The molecule has 19 heavy (non-hydrogen) atoms. The number of nitrogens with zero attached hydrogens (tertiary/aromatic N) is 4. The number of hydrogen-bond acceptors (Lipinski definition) is 3. The van der Waals surface area contributed by atoms with Gasteiger partial charge in [-0.25, -0.2) is 9.78 Å². The summed E-state index contributed by atoms with van der Waals surface area (Å²) in [5.74, 6) is -0.305. The Morgan fingerprint density at radius 3 is 2.16 bits per heavy atom. The summed E-state index contributed by atoms with van der Waals surface area (Å²) in [4.78, 5) is 27.3. The summed E-state index contributed by atoms with van der Waals surface area (Å²) < 4.78 is 40.2. The lowest BCUT2D eigenvalue weighted by Crippen LogP contribution is -2.37. The number of rotatable bonds is 1.